The molecule has 1 fully saturated rings. The summed E-state index contributed by atoms with van der Waals surface area (Å²) >= 11 is 0. The Kier molecular flexibility index (Phi) is 6.17. The molecule has 0 aromatic heterocycles. The van der Waals surface area contributed by atoms with E-state index in [4.69, 9.17) is 0 Å². The lowest BCUT2D eigenvalue weighted by atomic mass is 10.0. The zero-order chi connectivity index (χ0) is 22.9. The van der Waals surface area contributed by atoms with Gasteiger partial charge in [-0.1, -0.05) is 36.4 Å². The minimum Gasteiger partial charge on any atom is -0.370 e. The summed E-state index contributed by atoms with van der Waals surface area (Å²) in [6.45, 7) is 0.340. The molecule has 2 heterocycles. The average Bonchev–Trinajstić information content (AvgIpc) is 3.57. The van der Waals surface area contributed by atoms with E-state index in [1.807, 2.05) is 6.08 Å². The van der Waals surface area contributed by atoms with Gasteiger partial charge in [0.1, 0.15) is 6.04 Å². The number of rotatable bonds is 6. The summed E-state index contributed by atoms with van der Waals surface area (Å²) in [5, 5.41) is 6.14. The number of alkyl halides is 3. The third kappa shape index (κ3) is 5.42. The maximum atomic E-state index is 12.9. The number of nitrogens with one attached hydrogen (secondary N) is 2. The van der Waals surface area contributed by atoms with Gasteiger partial charge in [0.15, 0.2) is 0 Å². The van der Waals surface area contributed by atoms with Crippen LogP contribution in [0.1, 0.15) is 30.4 Å². The average molecular weight is 468 g/mol. The van der Waals surface area contributed by atoms with E-state index in [2.05, 4.69) is 10.6 Å². The summed E-state index contributed by atoms with van der Waals surface area (Å²) in [4.78, 5) is 12.3. The maximum absolute atomic E-state index is 12.9. The molecule has 0 radical (unpaired) electrons. The van der Waals surface area contributed by atoms with Crippen molar-refractivity contribution in [3.05, 3.63) is 71.0 Å². The van der Waals surface area contributed by atoms with Crippen LogP contribution in [0.25, 0.3) is 0 Å². The van der Waals surface area contributed by atoms with Gasteiger partial charge < -0.3 is 10.6 Å². The molecule has 3 aliphatic rings. The fourth-order valence-electron chi connectivity index (χ4n) is 3.69. The van der Waals surface area contributed by atoms with Crippen molar-refractivity contribution < 1.29 is 26.4 Å². The van der Waals surface area contributed by atoms with Crippen molar-refractivity contribution in [1.29, 1.82) is 0 Å². The number of halogens is 3. The van der Waals surface area contributed by atoms with Gasteiger partial charge in [-0.15, -0.1) is 0 Å². The highest BCUT2D eigenvalue weighted by molar-refractivity contribution is 7.88. The molecule has 0 bridgehead atoms. The molecular weight excluding hydrogens is 443 g/mol. The monoisotopic (exact) mass is 467 g/mol. The molecule has 1 aromatic rings. The van der Waals surface area contributed by atoms with E-state index in [1.54, 1.807) is 18.2 Å². The summed E-state index contributed by atoms with van der Waals surface area (Å²) in [7, 11) is -3.78. The third-order valence-corrected chi connectivity index (χ3v) is 7.41. The highest BCUT2D eigenvalue weighted by Crippen LogP contribution is 2.30. The Hall–Kier alpha value is -2.59. The van der Waals surface area contributed by atoms with Crippen molar-refractivity contribution >= 4 is 15.9 Å². The van der Waals surface area contributed by atoms with Gasteiger partial charge >= 0.3 is 6.18 Å². The van der Waals surface area contributed by atoms with Crippen LogP contribution in [-0.4, -0.2) is 43.8 Å². The number of benzene rings is 1. The van der Waals surface area contributed by atoms with E-state index in [1.165, 1.54) is 16.4 Å². The summed E-state index contributed by atoms with van der Waals surface area (Å²) < 4.78 is 65.5. The SMILES string of the molecule is O=C(NC1CC1)C1C=CC=C(C2=CCN(S(=O)(=O)Cc3cccc(C(F)(F)F)c3)CC2)N1. The van der Waals surface area contributed by atoms with E-state index in [0.29, 0.717) is 6.42 Å². The zero-order valence-corrected chi connectivity index (χ0v) is 18.0. The molecule has 1 aliphatic carbocycles. The summed E-state index contributed by atoms with van der Waals surface area (Å²) in [6, 6.07) is 4.18. The van der Waals surface area contributed by atoms with Gasteiger partial charge in [0, 0.05) is 24.8 Å². The van der Waals surface area contributed by atoms with Gasteiger partial charge in [0.05, 0.1) is 11.3 Å². The number of hydrogen-bond donors (Lipinski definition) is 2. The van der Waals surface area contributed by atoms with E-state index in [0.717, 1.165) is 36.2 Å². The van der Waals surface area contributed by atoms with E-state index >= 15 is 0 Å². The van der Waals surface area contributed by atoms with Gasteiger partial charge in [-0.2, -0.15) is 17.5 Å². The molecule has 1 saturated carbocycles. The minimum absolute atomic E-state index is 0.0870. The standard InChI is InChI=1S/C22H24F3N3O3S/c23-22(24,25)17-4-1-3-15(13-17)14-32(30,31)28-11-9-16(10-12-28)19-5-2-6-20(27-19)21(29)26-18-7-8-18/h1-6,9,13,18,20,27H,7-8,10-12,14H2,(H,26,29). The van der Waals surface area contributed by atoms with E-state index in [9.17, 15) is 26.4 Å². The smallest absolute Gasteiger partial charge is 0.370 e. The molecule has 4 rings (SSSR count). The minimum atomic E-state index is -4.52. The van der Waals surface area contributed by atoms with Crippen LogP contribution >= 0.6 is 0 Å². The molecule has 6 nitrogen and oxygen atoms in total. The Labute approximate surface area is 184 Å². The van der Waals surface area contributed by atoms with Crippen LogP contribution < -0.4 is 10.6 Å². The van der Waals surface area contributed by atoms with Gasteiger partial charge in [0.25, 0.3) is 0 Å². The molecule has 1 amide bonds. The van der Waals surface area contributed by atoms with Crippen LogP contribution in [0.5, 0.6) is 0 Å². The van der Waals surface area contributed by atoms with Crippen LogP contribution in [0.3, 0.4) is 0 Å². The summed E-state index contributed by atoms with van der Waals surface area (Å²) in [5.74, 6) is -0.580. The first-order valence-corrected chi connectivity index (χ1v) is 12.0. The number of allylic oxidation sites excluding steroid dienone is 3. The van der Waals surface area contributed by atoms with Gasteiger partial charge in [0.2, 0.25) is 15.9 Å². The lowest BCUT2D eigenvalue weighted by Gasteiger charge is -2.29. The first-order chi connectivity index (χ1) is 15.1. The molecule has 1 unspecified atom stereocenters. The lowest BCUT2D eigenvalue weighted by Crippen LogP contribution is -2.45. The predicted octanol–water partition coefficient (Wildman–Crippen LogP) is 2.86. The van der Waals surface area contributed by atoms with Crippen molar-refractivity contribution in [2.24, 2.45) is 0 Å². The van der Waals surface area contributed by atoms with Crippen LogP contribution in [0.15, 0.2) is 59.8 Å². The second kappa shape index (κ2) is 8.74. The molecule has 1 aromatic carbocycles. The Morgan fingerprint density at radius 3 is 2.69 bits per heavy atom. The van der Waals surface area contributed by atoms with Crippen molar-refractivity contribution in [1.82, 2.24) is 14.9 Å². The van der Waals surface area contributed by atoms with Crippen LogP contribution in [-0.2, 0) is 26.7 Å². The molecule has 0 spiro atoms. The molecule has 1 atom stereocenters. The Balaban J connectivity index is 1.39. The number of dihydropyridines is 1. The number of nitrogens with zero attached hydrogens (tertiary/aromatic N) is 1. The predicted molar refractivity (Wildman–Crippen MR) is 114 cm³/mol. The fourth-order valence-corrected chi connectivity index (χ4v) is 5.14. The highest BCUT2D eigenvalue weighted by atomic mass is 32.2. The van der Waals surface area contributed by atoms with E-state index in [-0.39, 0.29) is 30.6 Å². The number of hydrogen-bond acceptors (Lipinski definition) is 4. The second-order valence-corrected chi connectivity index (χ2v) is 10.1. The third-order valence-electron chi connectivity index (χ3n) is 5.60. The molecular formula is C22H24F3N3O3S. The fraction of sp³-hybridized carbons (Fsp3) is 0.409. The normalized spacial score (nSPS) is 22.0. The summed E-state index contributed by atoms with van der Waals surface area (Å²) in [6.07, 6.45) is 5.12. The summed E-state index contributed by atoms with van der Waals surface area (Å²) in [5.41, 5.74) is 0.915. The largest absolute Gasteiger partial charge is 0.416 e. The van der Waals surface area contributed by atoms with Crippen molar-refractivity contribution in [3.8, 4) is 0 Å². The second-order valence-electron chi connectivity index (χ2n) is 8.16. The Morgan fingerprint density at radius 1 is 1.25 bits per heavy atom. The number of sulfonamides is 1. The molecule has 2 N–H and O–H groups in total. The lowest BCUT2D eigenvalue weighted by molar-refractivity contribution is -0.137. The number of carbonyl (C=O) groups excluding carboxylic acids is 1. The van der Waals surface area contributed by atoms with Crippen LogP contribution in [0, 0.1) is 0 Å². The Morgan fingerprint density at radius 2 is 2.03 bits per heavy atom. The topological polar surface area (TPSA) is 78.5 Å². The van der Waals surface area contributed by atoms with Crippen LogP contribution in [0.4, 0.5) is 13.2 Å². The number of carbonyl (C=O) groups is 1. The van der Waals surface area contributed by atoms with E-state index < -0.39 is 33.6 Å². The zero-order valence-electron chi connectivity index (χ0n) is 17.2. The first kappa shape index (κ1) is 22.6. The van der Waals surface area contributed by atoms with Crippen molar-refractivity contribution in [3.63, 3.8) is 0 Å². The highest BCUT2D eigenvalue weighted by Gasteiger charge is 2.32. The van der Waals surface area contributed by atoms with Crippen molar-refractivity contribution in [2.75, 3.05) is 13.1 Å². The van der Waals surface area contributed by atoms with Gasteiger partial charge in [-0.3, -0.25) is 4.79 Å². The molecule has 2 aliphatic heterocycles. The molecule has 10 heteroatoms. The quantitative estimate of drug-likeness (QED) is 0.675. The van der Waals surface area contributed by atoms with Crippen molar-refractivity contribution in [2.45, 2.75) is 43.3 Å². The van der Waals surface area contributed by atoms with Gasteiger partial charge in [-0.25, -0.2) is 8.42 Å². The maximum Gasteiger partial charge on any atom is 0.416 e. The Bertz CT molecular complexity index is 1090. The molecule has 172 valence electrons. The number of amides is 1. The first-order valence-electron chi connectivity index (χ1n) is 10.4. The molecule has 32 heavy (non-hydrogen) atoms. The van der Waals surface area contributed by atoms with Crippen LogP contribution in [0.2, 0.25) is 0 Å². The molecule has 0 saturated heterocycles. The van der Waals surface area contributed by atoms with Gasteiger partial charge in [-0.05, 0) is 42.5 Å².